The van der Waals surface area contributed by atoms with E-state index >= 15 is 0 Å². The number of halogens is 2. The molecule has 0 amide bonds. The third kappa shape index (κ3) is 3.56. The van der Waals surface area contributed by atoms with Crippen LogP contribution in [0, 0.1) is 0 Å². The molecule has 2 aromatic carbocycles. The van der Waals surface area contributed by atoms with Gasteiger partial charge >= 0.3 is 0 Å². The van der Waals surface area contributed by atoms with Crippen molar-refractivity contribution in [2.24, 2.45) is 0 Å². The second-order valence-corrected chi connectivity index (χ2v) is 7.64. The fourth-order valence-electron chi connectivity index (χ4n) is 3.47. The molecule has 2 N–H and O–H groups in total. The molecule has 8 heteroatoms. The Kier molecular flexibility index (Phi) is 5.66. The van der Waals surface area contributed by atoms with Crippen LogP contribution < -0.4 is 0 Å². The van der Waals surface area contributed by atoms with Gasteiger partial charge in [0.1, 0.15) is 24.4 Å². The molecule has 2 aliphatic heterocycles. The highest BCUT2D eigenvalue weighted by molar-refractivity contribution is 6.22. The molecule has 0 saturated carbocycles. The van der Waals surface area contributed by atoms with Gasteiger partial charge in [0.25, 0.3) is 10.5 Å². The van der Waals surface area contributed by atoms with Crippen molar-refractivity contribution in [3.05, 3.63) is 71.8 Å². The molecule has 2 saturated heterocycles. The first-order valence-corrected chi connectivity index (χ1v) is 9.66. The number of hydrogen-bond acceptors (Lipinski definition) is 6. The van der Waals surface area contributed by atoms with Gasteiger partial charge in [-0.1, -0.05) is 83.9 Å². The van der Waals surface area contributed by atoms with Crippen LogP contribution >= 0.6 is 23.2 Å². The molecule has 6 nitrogen and oxygen atoms in total. The zero-order valence-electron chi connectivity index (χ0n) is 14.8. The van der Waals surface area contributed by atoms with Gasteiger partial charge in [0.15, 0.2) is 0 Å². The van der Waals surface area contributed by atoms with Crippen molar-refractivity contribution in [2.75, 3.05) is 13.2 Å². The number of benzene rings is 2. The van der Waals surface area contributed by atoms with Gasteiger partial charge in [-0.15, -0.1) is 0 Å². The third-order valence-corrected chi connectivity index (χ3v) is 5.63. The summed E-state index contributed by atoms with van der Waals surface area (Å²) >= 11 is 13.1. The maximum absolute atomic E-state index is 9.83. The van der Waals surface area contributed by atoms with E-state index in [0.29, 0.717) is 11.1 Å². The van der Waals surface area contributed by atoms with Crippen LogP contribution in [0.1, 0.15) is 11.1 Å². The topological polar surface area (TPSA) is 77.4 Å². The quantitative estimate of drug-likeness (QED) is 0.715. The highest BCUT2D eigenvalue weighted by Gasteiger charge is 2.58. The van der Waals surface area contributed by atoms with E-state index in [1.165, 1.54) is 0 Å². The van der Waals surface area contributed by atoms with Crippen molar-refractivity contribution in [2.45, 2.75) is 34.9 Å². The molecule has 2 heterocycles. The molecule has 0 spiro atoms. The smallest absolute Gasteiger partial charge is 0.277 e. The van der Waals surface area contributed by atoms with Crippen LogP contribution in [0.2, 0.25) is 0 Å². The minimum absolute atomic E-state index is 0.357. The van der Waals surface area contributed by atoms with E-state index in [-0.39, 0.29) is 13.2 Å². The fourth-order valence-corrected chi connectivity index (χ4v) is 4.15. The van der Waals surface area contributed by atoms with Gasteiger partial charge in [0, 0.05) is 11.1 Å². The largest absolute Gasteiger partial charge is 0.394 e. The van der Waals surface area contributed by atoms with E-state index in [4.69, 9.17) is 42.1 Å². The molecular formula is C20H20Cl2O6. The SMILES string of the molecule is OC[C@@H]1OC(Cl)(c2ccccc2)O[C@H]1[C@@H]1OC(Cl)(c2ccccc2)O[C@@H]1CO. The first-order valence-electron chi connectivity index (χ1n) is 8.91. The van der Waals surface area contributed by atoms with E-state index in [1.54, 1.807) is 48.5 Å². The molecule has 0 bridgehead atoms. The summed E-state index contributed by atoms with van der Waals surface area (Å²) in [4.78, 5) is 0. The fraction of sp³-hybridized carbons (Fsp3) is 0.400. The van der Waals surface area contributed by atoms with Gasteiger partial charge < -0.3 is 29.2 Å². The van der Waals surface area contributed by atoms with E-state index in [9.17, 15) is 10.2 Å². The van der Waals surface area contributed by atoms with Crippen molar-refractivity contribution in [1.82, 2.24) is 0 Å². The first-order chi connectivity index (χ1) is 13.5. The van der Waals surface area contributed by atoms with Crippen LogP contribution in [0.15, 0.2) is 60.7 Å². The maximum Gasteiger partial charge on any atom is 0.277 e. The minimum atomic E-state index is -1.59. The van der Waals surface area contributed by atoms with E-state index in [1.807, 2.05) is 12.1 Å². The number of ether oxygens (including phenoxy) is 4. The summed E-state index contributed by atoms with van der Waals surface area (Å²) < 4.78 is 23.6. The number of alkyl halides is 2. The average molecular weight is 427 g/mol. The molecule has 2 unspecified atom stereocenters. The van der Waals surface area contributed by atoms with Crippen LogP contribution in [0.5, 0.6) is 0 Å². The van der Waals surface area contributed by atoms with Gasteiger partial charge in [0.05, 0.1) is 13.2 Å². The summed E-state index contributed by atoms with van der Waals surface area (Å²) in [5.74, 6) is 0. The Morgan fingerprint density at radius 1 is 0.643 bits per heavy atom. The average Bonchev–Trinajstić information content (AvgIpc) is 3.27. The van der Waals surface area contributed by atoms with Crippen molar-refractivity contribution in [3.63, 3.8) is 0 Å². The Morgan fingerprint density at radius 2 is 1.00 bits per heavy atom. The van der Waals surface area contributed by atoms with Crippen LogP contribution in [-0.4, -0.2) is 47.8 Å². The molecule has 0 aliphatic carbocycles. The number of hydrogen-bond donors (Lipinski definition) is 2. The second kappa shape index (κ2) is 7.89. The zero-order valence-corrected chi connectivity index (χ0v) is 16.3. The Hall–Kier alpha value is -1.22. The van der Waals surface area contributed by atoms with Crippen LogP contribution in [-0.2, 0) is 29.4 Å². The van der Waals surface area contributed by atoms with Crippen LogP contribution in [0.4, 0.5) is 0 Å². The summed E-state index contributed by atoms with van der Waals surface area (Å²) in [5, 5.41) is 16.5. The predicted molar refractivity (Wildman–Crippen MR) is 102 cm³/mol. The van der Waals surface area contributed by atoms with Gasteiger partial charge in [-0.05, 0) is 0 Å². The lowest BCUT2D eigenvalue weighted by Gasteiger charge is -2.25. The molecule has 28 heavy (non-hydrogen) atoms. The molecule has 2 aliphatic rings. The maximum atomic E-state index is 9.83. The summed E-state index contributed by atoms with van der Waals surface area (Å²) in [7, 11) is 0. The molecule has 0 aromatic heterocycles. The lowest BCUT2D eigenvalue weighted by atomic mass is 10.0. The molecule has 6 atom stereocenters. The van der Waals surface area contributed by atoms with Crippen molar-refractivity contribution >= 4 is 23.2 Å². The van der Waals surface area contributed by atoms with Crippen molar-refractivity contribution in [3.8, 4) is 0 Å². The van der Waals surface area contributed by atoms with Gasteiger partial charge in [-0.25, -0.2) is 0 Å². The van der Waals surface area contributed by atoms with Crippen molar-refractivity contribution in [1.29, 1.82) is 0 Å². The minimum Gasteiger partial charge on any atom is -0.394 e. The van der Waals surface area contributed by atoms with Crippen LogP contribution in [0.25, 0.3) is 0 Å². The summed E-state index contributed by atoms with van der Waals surface area (Å²) in [6.07, 6.45) is -3.22. The first kappa shape index (κ1) is 20.1. The van der Waals surface area contributed by atoms with E-state index in [0.717, 1.165) is 0 Å². The van der Waals surface area contributed by atoms with E-state index in [2.05, 4.69) is 0 Å². The zero-order chi connectivity index (χ0) is 19.8. The Labute approximate surface area is 172 Å². The Morgan fingerprint density at radius 3 is 1.32 bits per heavy atom. The molecule has 4 rings (SSSR count). The molecule has 2 aromatic rings. The molecule has 2 fully saturated rings. The van der Waals surface area contributed by atoms with Gasteiger partial charge in [-0.3, -0.25) is 0 Å². The molecule has 0 radical (unpaired) electrons. The normalized spacial score (nSPS) is 38.0. The highest BCUT2D eigenvalue weighted by atomic mass is 35.5. The summed E-state index contributed by atoms with van der Waals surface area (Å²) in [6.45, 7) is -0.713. The molecule has 150 valence electrons. The van der Waals surface area contributed by atoms with Gasteiger partial charge in [0.2, 0.25) is 0 Å². The summed E-state index contributed by atoms with van der Waals surface area (Å²) in [5.41, 5.74) is 1.16. The monoisotopic (exact) mass is 426 g/mol. The number of aliphatic hydroxyl groups excluding tert-OH is 2. The lowest BCUT2D eigenvalue weighted by Crippen LogP contribution is -2.44. The van der Waals surface area contributed by atoms with Crippen LogP contribution in [0.3, 0.4) is 0 Å². The number of aliphatic hydroxyl groups is 2. The Balaban J connectivity index is 1.62. The lowest BCUT2D eigenvalue weighted by molar-refractivity contribution is -0.145. The standard InChI is InChI=1S/C20H20Cl2O6/c21-19(13-7-3-1-4-8-13)25-15(11-23)17(27-19)18-16(12-24)26-20(22,28-18)14-9-5-2-6-10-14/h1-10,15-18,23-24H,11-12H2/t15-,16+,17-,18-,19?,20?/m1/s1. The Bertz CT molecular complexity index is 726. The molecular weight excluding hydrogens is 407 g/mol. The second-order valence-electron chi connectivity index (χ2n) is 6.65. The summed E-state index contributed by atoms with van der Waals surface area (Å²) in [6, 6.07) is 17.9. The third-order valence-electron chi connectivity index (χ3n) is 4.83. The number of rotatable bonds is 5. The van der Waals surface area contributed by atoms with Crippen molar-refractivity contribution < 1.29 is 29.2 Å². The highest BCUT2D eigenvalue weighted by Crippen LogP contribution is 2.48. The van der Waals surface area contributed by atoms with Gasteiger partial charge in [-0.2, -0.15) is 0 Å². The predicted octanol–water partition coefficient (Wildman–Crippen LogP) is 2.64. The van der Waals surface area contributed by atoms with E-state index < -0.39 is 34.9 Å².